The van der Waals surface area contributed by atoms with Crippen LogP contribution in [0, 0.1) is 6.92 Å². The second-order valence-electron chi connectivity index (χ2n) is 5.53. The van der Waals surface area contributed by atoms with Crippen molar-refractivity contribution in [3.63, 3.8) is 0 Å². The predicted molar refractivity (Wildman–Crippen MR) is 90.2 cm³/mol. The largest absolute Gasteiger partial charge is 0.357 e. The first-order chi connectivity index (χ1) is 10.2. The van der Waals surface area contributed by atoms with E-state index in [4.69, 9.17) is 4.99 Å². The maximum absolute atomic E-state index is 4.72. The van der Waals surface area contributed by atoms with E-state index in [0.29, 0.717) is 6.04 Å². The topological polar surface area (TPSA) is 52.6 Å². The number of rotatable bonds is 6. The van der Waals surface area contributed by atoms with E-state index in [1.165, 1.54) is 19.4 Å². The van der Waals surface area contributed by atoms with Crippen molar-refractivity contribution in [1.29, 1.82) is 0 Å². The first-order valence-electron chi connectivity index (χ1n) is 7.82. The van der Waals surface area contributed by atoms with Crippen LogP contribution in [0.25, 0.3) is 0 Å². The number of aryl methyl sites for hydroxylation is 1. The molecule has 1 atom stereocenters. The normalized spacial score (nSPS) is 20.0. The van der Waals surface area contributed by atoms with Gasteiger partial charge in [-0.2, -0.15) is 0 Å². The van der Waals surface area contributed by atoms with Gasteiger partial charge >= 0.3 is 0 Å². The van der Waals surface area contributed by atoms with Crippen LogP contribution in [0.2, 0.25) is 0 Å². The molecule has 0 bridgehead atoms. The van der Waals surface area contributed by atoms with Crippen molar-refractivity contribution in [3.05, 3.63) is 16.1 Å². The lowest BCUT2D eigenvalue weighted by Gasteiger charge is -2.18. The highest BCUT2D eigenvalue weighted by atomic mass is 32.1. The summed E-state index contributed by atoms with van der Waals surface area (Å²) in [7, 11) is 2.19. The van der Waals surface area contributed by atoms with E-state index in [1.807, 2.05) is 6.92 Å². The van der Waals surface area contributed by atoms with Gasteiger partial charge in [-0.25, -0.2) is 4.98 Å². The number of likely N-dealkylation sites (tertiary alicyclic amines) is 1. The van der Waals surface area contributed by atoms with Crippen LogP contribution < -0.4 is 10.6 Å². The highest BCUT2D eigenvalue weighted by Crippen LogP contribution is 2.14. The van der Waals surface area contributed by atoms with Gasteiger partial charge in [0, 0.05) is 30.9 Å². The SMILES string of the molecule is CCNC(=NCC1CCCN1C)NCCc1csc(C)n1. The lowest BCUT2D eigenvalue weighted by molar-refractivity contribution is 0.317. The smallest absolute Gasteiger partial charge is 0.191 e. The van der Waals surface area contributed by atoms with Crippen molar-refractivity contribution in [3.8, 4) is 0 Å². The minimum atomic E-state index is 0.599. The molecule has 1 aliphatic heterocycles. The fourth-order valence-electron chi connectivity index (χ4n) is 2.58. The van der Waals surface area contributed by atoms with Crippen molar-refractivity contribution in [2.75, 3.05) is 33.2 Å². The maximum Gasteiger partial charge on any atom is 0.191 e. The van der Waals surface area contributed by atoms with E-state index in [0.717, 1.165) is 42.7 Å². The second-order valence-corrected chi connectivity index (χ2v) is 6.59. The summed E-state index contributed by atoms with van der Waals surface area (Å²) in [6, 6.07) is 0.599. The maximum atomic E-state index is 4.72. The molecular weight excluding hydrogens is 282 g/mol. The molecule has 0 spiro atoms. The van der Waals surface area contributed by atoms with E-state index in [9.17, 15) is 0 Å². The lowest BCUT2D eigenvalue weighted by atomic mass is 10.2. The van der Waals surface area contributed by atoms with Crippen LogP contribution in [-0.2, 0) is 6.42 Å². The van der Waals surface area contributed by atoms with Crippen LogP contribution in [-0.4, -0.2) is 55.1 Å². The molecule has 0 amide bonds. The molecule has 2 N–H and O–H groups in total. The molecule has 5 nitrogen and oxygen atoms in total. The summed E-state index contributed by atoms with van der Waals surface area (Å²) in [6.07, 6.45) is 3.50. The Hall–Kier alpha value is -1.14. The molecule has 2 rings (SSSR count). The standard InChI is InChI=1S/C15H27N5S/c1-4-16-15(18-10-14-6-5-9-20(14)3)17-8-7-13-11-21-12(2)19-13/h11,14H,4-10H2,1-3H3,(H2,16,17,18). The first kappa shape index (κ1) is 16.2. The van der Waals surface area contributed by atoms with E-state index < -0.39 is 0 Å². The molecule has 0 radical (unpaired) electrons. The molecule has 6 heteroatoms. The Morgan fingerprint density at radius 1 is 1.52 bits per heavy atom. The zero-order valence-electron chi connectivity index (χ0n) is 13.4. The number of nitrogens with one attached hydrogen (secondary N) is 2. The molecule has 0 aromatic carbocycles. The highest BCUT2D eigenvalue weighted by Gasteiger charge is 2.20. The number of likely N-dealkylation sites (N-methyl/N-ethyl adjacent to an activating group) is 1. The summed E-state index contributed by atoms with van der Waals surface area (Å²) in [5.74, 6) is 0.921. The van der Waals surface area contributed by atoms with Crippen LogP contribution in [0.1, 0.15) is 30.5 Å². The van der Waals surface area contributed by atoms with Gasteiger partial charge in [-0.15, -0.1) is 11.3 Å². The third-order valence-corrected chi connectivity index (χ3v) is 4.64. The third kappa shape index (κ3) is 5.28. The Bertz CT molecular complexity index is 457. The van der Waals surface area contributed by atoms with Crippen LogP contribution in [0.5, 0.6) is 0 Å². The predicted octanol–water partition coefficient (Wildman–Crippen LogP) is 1.64. The molecule has 1 aliphatic rings. The summed E-state index contributed by atoms with van der Waals surface area (Å²) in [6.45, 7) is 7.99. The Morgan fingerprint density at radius 2 is 2.38 bits per heavy atom. The van der Waals surface area contributed by atoms with Crippen molar-refractivity contribution in [2.24, 2.45) is 4.99 Å². The number of guanidine groups is 1. The molecule has 118 valence electrons. The minimum absolute atomic E-state index is 0.599. The van der Waals surface area contributed by atoms with Gasteiger partial charge in [-0.3, -0.25) is 4.99 Å². The number of aliphatic imine (C=N–C) groups is 1. The van der Waals surface area contributed by atoms with Crippen molar-refractivity contribution < 1.29 is 0 Å². The van der Waals surface area contributed by atoms with E-state index in [2.05, 4.69) is 39.9 Å². The average molecular weight is 309 g/mol. The van der Waals surface area contributed by atoms with Crippen LogP contribution in [0.4, 0.5) is 0 Å². The van der Waals surface area contributed by atoms with E-state index >= 15 is 0 Å². The molecular formula is C15H27N5S. The summed E-state index contributed by atoms with van der Waals surface area (Å²) in [4.78, 5) is 11.6. The average Bonchev–Trinajstić information content (AvgIpc) is 3.05. The number of hydrogen-bond acceptors (Lipinski definition) is 4. The Labute approximate surface area is 131 Å². The molecule has 1 aromatic heterocycles. The van der Waals surface area contributed by atoms with Gasteiger partial charge < -0.3 is 15.5 Å². The number of thiazole rings is 1. The number of nitrogens with zero attached hydrogens (tertiary/aromatic N) is 3. The van der Waals surface area contributed by atoms with Gasteiger partial charge in [0.25, 0.3) is 0 Å². The zero-order valence-corrected chi connectivity index (χ0v) is 14.2. The zero-order chi connectivity index (χ0) is 15.1. The van der Waals surface area contributed by atoms with Gasteiger partial charge in [-0.05, 0) is 40.3 Å². The summed E-state index contributed by atoms with van der Waals surface area (Å²) >= 11 is 1.71. The molecule has 1 unspecified atom stereocenters. The Morgan fingerprint density at radius 3 is 3.00 bits per heavy atom. The van der Waals surface area contributed by atoms with E-state index in [-0.39, 0.29) is 0 Å². The Balaban J connectivity index is 1.77. The summed E-state index contributed by atoms with van der Waals surface area (Å²) < 4.78 is 0. The van der Waals surface area contributed by atoms with Crippen LogP contribution in [0.3, 0.4) is 0 Å². The van der Waals surface area contributed by atoms with Crippen molar-refractivity contribution in [2.45, 2.75) is 39.2 Å². The van der Waals surface area contributed by atoms with Gasteiger partial charge in [0.2, 0.25) is 0 Å². The highest BCUT2D eigenvalue weighted by molar-refractivity contribution is 7.09. The molecule has 2 heterocycles. The number of aromatic nitrogens is 1. The van der Waals surface area contributed by atoms with Crippen molar-refractivity contribution >= 4 is 17.3 Å². The number of hydrogen-bond donors (Lipinski definition) is 2. The van der Waals surface area contributed by atoms with E-state index in [1.54, 1.807) is 11.3 Å². The monoisotopic (exact) mass is 309 g/mol. The third-order valence-electron chi connectivity index (χ3n) is 3.82. The van der Waals surface area contributed by atoms with Crippen LogP contribution >= 0.6 is 11.3 Å². The first-order valence-corrected chi connectivity index (χ1v) is 8.70. The molecule has 1 saturated heterocycles. The molecule has 1 aromatic rings. The Kier molecular flexibility index (Phi) is 6.45. The second kappa shape index (κ2) is 8.34. The molecule has 0 saturated carbocycles. The molecule has 0 aliphatic carbocycles. The van der Waals surface area contributed by atoms with Gasteiger partial charge in [0.05, 0.1) is 17.2 Å². The lowest BCUT2D eigenvalue weighted by Crippen LogP contribution is -2.39. The quantitative estimate of drug-likeness (QED) is 0.620. The summed E-state index contributed by atoms with van der Waals surface area (Å²) in [5, 5.41) is 9.99. The van der Waals surface area contributed by atoms with Crippen molar-refractivity contribution in [1.82, 2.24) is 20.5 Å². The summed E-state index contributed by atoms with van der Waals surface area (Å²) in [5.41, 5.74) is 1.16. The molecule has 21 heavy (non-hydrogen) atoms. The van der Waals surface area contributed by atoms with Gasteiger partial charge in [0.15, 0.2) is 5.96 Å². The fraction of sp³-hybridized carbons (Fsp3) is 0.733. The van der Waals surface area contributed by atoms with Gasteiger partial charge in [-0.1, -0.05) is 0 Å². The van der Waals surface area contributed by atoms with Crippen LogP contribution in [0.15, 0.2) is 10.4 Å². The minimum Gasteiger partial charge on any atom is -0.357 e. The molecule has 1 fully saturated rings. The van der Waals surface area contributed by atoms with Gasteiger partial charge in [0.1, 0.15) is 0 Å². The fourth-order valence-corrected chi connectivity index (χ4v) is 3.23.